The SMILES string of the molecule is CC1(C)c2ccccc2-c2ccc(-c3nc(-c4ccc(-c5ccccc5)cc4)nc(-c4ccc(-n5c6ccccc6c6cc(-c7ccccc7)ccc65)cc4)n3)cc21. The summed E-state index contributed by atoms with van der Waals surface area (Å²) in [5.74, 6) is 1.93. The summed E-state index contributed by atoms with van der Waals surface area (Å²) in [5.41, 5.74) is 16.1. The van der Waals surface area contributed by atoms with Gasteiger partial charge in [0.1, 0.15) is 0 Å². The average molecular weight is 743 g/mol. The fraction of sp³-hybridized carbons (Fsp3) is 0.0556. The van der Waals surface area contributed by atoms with E-state index >= 15 is 0 Å². The molecule has 4 heteroatoms. The molecule has 58 heavy (non-hydrogen) atoms. The van der Waals surface area contributed by atoms with Crippen molar-refractivity contribution in [3.8, 4) is 73.2 Å². The molecule has 274 valence electrons. The van der Waals surface area contributed by atoms with Gasteiger partial charge in [0.05, 0.1) is 11.0 Å². The Balaban J connectivity index is 1.02. The van der Waals surface area contributed by atoms with Crippen molar-refractivity contribution in [2.75, 3.05) is 0 Å². The Morgan fingerprint density at radius 3 is 1.53 bits per heavy atom. The van der Waals surface area contributed by atoms with Crippen LogP contribution in [-0.2, 0) is 5.41 Å². The Morgan fingerprint density at radius 1 is 0.345 bits per heavy atom. The molecule has 8 aromatic carbocycles. The fourth-order valence-electron chi connectivity index (χ4n) is 8.87. The molecule has 0 aliphatic heterocycles. The minimum absolute atomic E-state index is 0.139. The lowest BCUT2D eigenvalue weighted by atomic mass is 9.82. The summed E-state index contributed by atoms with van der Waals surface area (Å²) in [6.07, 6.45) is 0. The van der Waals surface area contributed by atoms with Crippen LogP contribution in [0, 0.1) is 0 Å². The van der Waals surface area contributed by atoms with Gasteiger partial charge in [-0.05, 0) is 93.0 Å². The number of aromatic nitrogens is 4. The van der Waals surface area contributed by atoms with E-state index < -0.39 is 0 Å². The van der Waals surface area contributed by atoms with Crippen molar-refractivity contribution in [3.63, 3.8) is 0 Å². The second-order valence-electron chi connectivity index (χ2n) is 15.7. The minimum atomic E-state index is -0.139. The van der Waals surface area contributed by atoms with E-state index in [1.807, 2.05) is 6.07 Å². The van der Waals surface area contributed by atoms with Gasteiger partial charge < -0.3 is 4.57 Å². The lowest BCUT2D eigenvalue weighted by Crippen LogP contribution is -2.15. The summed E-state index contributed by atoms with van der Waals surface area (Å²) >= 11 is 0. The number of rotatable bonds is 6. The van der Waals surface area contributed by atoms with Crippen LogP contribution in [0.25, 0.3) is 95.0 Å². The van der Waals surface area contributed by atoms with Crippen molar-refractivity contribution in [2.24, 2.45) is 0 Å². The molecule has 1 aliphatic rings. The molecule has 0 unspecified atom stereocenters. The highest BCUT2D eigenvalue weighted by atomic mass is 15.0. The molecule has 2 heterocycles. The van der Waals surface area contributed by atoms with Crippen LogP contribution < -0.4 is 0 Å². The summed E-state index contributed by atoms with van der Waals surface area (Å²) in [6.45, 7) is 4.61. The molecule has 0 saturated carbocycles. The van der Waals surface area contributed by atoms with E-state index in [4.69, 9.17) is 15.0 Å². The van der Waals surface area contributed by atoms with Crippen LogP contribution in [-0.4, -0.2) is 19.5 Å². The molecule has 4 nitrogen and oxygen atoms in total. The van der Waals surface area contributed by atoms with Crippen molar-refractivity contribution >= 4 is 21.8 Å². The van der Waals surface area contributed by atoms with Crippen LogP contribution in [0.3, 0.4) is 0 Å². The molecule has 10 aromatic rings. The predicted molar refractivity (Wildman–Crippen MR) is 239 cm³/mol. The van der Waals surface area contributed by atoms with Crippen LogP contribution in [0.2, 0.25) is 0 Å². The van der Waals surface area contributed by atoms with E-state index in [1.165, 1.54) is 60.8 Å². The first-order valence-corrected chi connectivity index (χ1v) is 19.9. The molecule has 1 aliphatic carbocycles. The lowest BCUT2D eigenvalue weighted by Gasteiger charge is -2.21. The molecule has 11 rings (SSSR count). The standard InChI is InChI=1S/C54H38N4/c1-54(2)47-19-11-9-17-43(47)44-31-27-41(34-48(44)54)53-56-51(38-23-21-37(22-24-38)35-13-5-3-6-14-35)55-52(57-53)39-25-29-42(30-26-39)58-49-20-12-10-18-45(49)46-33-40(28-32-50(46)58)36-15-7-4-8-16-36/h3-34H,1-2H3. The van der Waals surface area contributed by atoms with Gasteiger partial charge in [0.25, 0.3) is 0 Å². The second kappa shape index (κ2) is 13.4. The Morgan fingerprint density at radius 2 is 0.828 bits per heavy atom. The van der Waals surface area contributed by atoms with Crippen LogP contribution in [0.4, 0.5) is 0 Å². The van der Waals surface area contributed by atoms with E-state index in [2.05, 4.69) is 206 Å². The van der Waals surface area contributed by atoms with Crippen LogP contribution in [0.5, 0.6) is 0 Å². The Kier molecular flexibility index (Phi) is 7.80. The van der Waals surface area contributed by atoms with Gasteiger partial charge in [0.15, 0.2) is 17.5 Å². The number of hydrogen-bond acceptors (Lipinski definition) is 3. The predicted octanol–water partition coefficient (Wildman–Crippen LogP) is 13.6. The van der Waals surface area contributed by atoms with Gasteiger partial charge in [0, 0.05) is 38.6 Å². The molecule has 0 amide bonds. The average Bonchev–Trinajstić information content (AvgIpc) is 3.74. The molecule has 2 aromatic heterocycles. The first-order valence-electron chi connectivity index (χ1n) is 19.9. The van der Waals surface area contributed by atoms with E-state index in [-0.39, 0.29) is 5.41 Å². The summed E-state index contributed by atoms with van der Waals surface area (Å²) < 4.78 is 2.35. The van der Waals surface area contributed by atoms with Crippen molar-refractivity contribution < 1.29 is 0 Å². The van der Waals surface area contributed by atoms with Gasteiger partial charge in [-0.25, -0.2) is 15.0 Å². The number of para-hydroxylation sites is 1. The summed E-state index contributed by atoms with van der Waals surface area (Å²) in [4.78, 5) is 15.5. The maximum Gasteiger partial charge on any atom is 0.164 e. The zero-order valence-electron chi connectivity index (χ0n) is 32.3. The third-order valence-electron chi connectivity index (χ3n) is 11.9. The maximum absolute atomic E-state index is 5.19. The molecule has 0 fully saturated rings. The minimum Gasteiger partial charge on any atom is -0.309 e. The van der Waals surface area contributed by atoms with E-state index in [0.29, 0.717) is 17.5 Å². The van der Waals surface area contributed by atoms with E-state index in [0.717, 1.165) is 27.9 Å². The zero-order valence-corrected chi connectivity index (χ0v) is 32.3. The molecule has 0 spiro atoms. The van der Waals surface area contributed by atoms with Gasteiger partial charge in [-0.2, -0.15) is 0 Å². The van der Waals surface area contributed by atoms with Gasteiger partial charge in [-0.15, -0.1) is 0 Å². The Bertz CT molecular complexity index is 3160. The third-order valence-corrected chi connectivity index (χ3v) is 11.9. The molecule has 0 radical (unpaired) electrons. The Labute approximate surface area is 337 Å². The van der Waals surface area contributed by atoms with Crippen LogP contribution in [0.1, 0.15) is 25.0 Å². The molecule has 0 N–H and O–H groups in total. The molecular formula is C54H38N4. The Hall–Kier alpha value is -7.43. The fourth-order valence-corrected chi connectivity index (χ4v) is 8.87. The van der Waals surface area contributed by atoms with Crippen LogP contribution >= 0.6 is 0 Å². The third kappa shape index (κ3) is 5.56. The molecule has 0 saturated heterocycles. The normalized spacial score (nSPS) is 12.8. The van der Waals surface area contributed by atoms with Gasteiger partial charge in [-0.1, -0.05) is 159 Å². The number of fused-ring (bicyclic) bond motifs is 6. The monoisotopic (exact) mass is 742 g/mol. The number of benzene rings is 8. The highest BCUT2D eigenvalue weighted by Gasteiger charge is 2.35. The topological polar surface area (TPSA) is 43.6 Å². The summed E-state index contributed by atoms with van der Waals surface area (Å²) in [6, 6.07) is 69.0. The quantitative estimate of drug-likeness (QED) is 0.170. The van der Waals surface area contributed by atoms with Crippen molar-refractivity contribution in [1.82, 2.24) is 19.5 Å². The summed E-state index contributed by atoms with van der Waals surface area (Å²) in [7, 11) is 0. The number of nitrogens with zero attached hydrogens (tertiary/aromatic N) is 4. The lowest BCUT2D eigenvalue weighted by molar-refractivity contribution is 0.660. The smallest absolute Gasteiger partial charge is 0.164 e. The van der Waals surface area contributed by atoms with Crippen LogP contribution in [0.15, 0.2) is 194 Å². The zero-order chi connectivity index (χ0) is 38.8. The van der Waals surface area contributed by atoms with Crippen molar-refractivity contribution in [3.05, 3.63) is 205 Å². The number of hydrogen-bond donors (Lipinski definition) is 0. The highest BCUT2D eigenvalue weighted by molar-refractivity contribution is 6.10. The molecule has 0 atom stereocenters. The molecular weight excluding hydrogens is 705 g/mol. The molecule has 0 bridgehead atoms. The van der Waals surface area contributed by atoms with Gasteiger partial charge in [0.2, 0.25) is 0 Å². The van der Waals surface area contributed by atoms with Gasteiger partial charge in [-0.3, -0.25) is 0 Å². The first kappa shape index (κ1) is 33.9. The van der Waals surface area contributed by atoms with E-state index in [1.54, 1.807) is 0 Å². The highest BCUT2D eigenvalue weighted by Crippen LogP contribution is 2.49. The van der Waals surface area contributed by atoms with Crippen molar-refractivity contribution in [1.29, 1.82) is 0 Å². The largest absolute Gasteiger partial charge is 0.309 e. The van der Waals surface area contributed by atoms with E-state index in [9.17, 15) is 0 Å². The van der Waals surface area contributed by atoms with Crippen molar-refractivity contribution in [2.45, 2.75) is 19.3 Å². The summed E-state index contributed by atoms with van der Waals surface area (Å²) in [5, 5.41) is 2.46. The first-order chi connectivity index (χ1) is 28.5. The van der Waals surface area contributed by atoms with Gasteiger partial charge >= 0.3 is 0 Å². The second-order valence-corrected chi connectivity index (χ2v) is 15.7. The maximum atomic E-state index is 5.19.